The summed E-state index contributed by atoms with van der Waals surface area (Å²) in [6.45, 7) is 1.92. The second kappa shape index (κ2) is 4.44. The number of hydrogen-bond acceptors (Lipinski definition) is 3. The quantitative estimate of drug-likeness (QED) is 0.662. The van der Waals surface area contributed by atoms with Crippen LogP contribution in [0.4, 0.5) is 5.69 Å². The Labute approximate surface area is 119 Å². The van der Waals surface area contributed by atoms with Crippen molar-refractivity contribution in [2.75, 3.05) is 5.73 Å². The second-order valence-corrected chi connectivity index (χ2v) is 5.19. The number of anilines is 1. The van der Waals surface area contributed by atoms with Crippen molar-refractivity contribution in [3.63, 3.8) is 0 Å². The Morgan fingerprint density at radius 2 is 1.89 bits per heavy atom. The maximum atomic E-state index is 6.01. The third kappa shape index (κ3) is 2.15. The van der Waals surface area contributed by atoms with E-state index in [0.29, 0.717) is 38.3 Å². The highest BCUT2D eigenvalue weighted by Crippen LogP contribution is 2.32. The van der Waals surface area contributed by atoms with Crippen LogP contribution in [0.5, 0.6) is 0 Å². The van der Waals surface area contributed by atoms with Gasteiger partial charge in [-0.15, -0.1) is 0 Å². The minimum atomic E-state index is 0.445. The first kappa shape index (κ1) is 12.3. The zero-order chi connectivity index (χ0) is 13.6. The molecule has 3 aromatic rings. The van der Waals surface area contributed by atoms with E-state index in [1.165, 1.54) is 0 Å². The van der Waals surface area contributed by atoms with Crippen molar-refractivity contribution in [1.82, 2.24) is 4.98 Å². The molecule has 0 aliphatic rings. The van der Waals surface area contributed by atoms with E-state index in [1.807, 2.05) is 13.0 Å². The van der Waals surface area contributed by atoms with Gasteiger partial charge in [0.25, 0.3) is 0 Å². The molecule has 19 heavy (non-hydrogen) atoms. The summed E-state index contributed by atoms with van der Waals surface area (Å²) in [6, 6.07) is 8.79. The van der Waals surface area contributed by atoms with Gasteiger partial charge in [-0.25, -0.2) is 4.98 Å². The summed E-state index contributed by atoms with van der Waals surface area (Å²) >= 11 is 12.0. The van der Waals surface area contributed by atoms with Gasteiger partial charge in [-0.3, -0.25) is 0 Å². The summed E-state index contributed by atoms with van der Waals surface area (Å²) in [5.74, 6) is 0.445. The lowest BCUT2D eigenvalue weighted by molar-refractivity contribution is 0.617. The summed E-state index contributed by atoms with van der Waals surface area (Å²) in [6.07, 6.45) is 0. The van der Waals surface area contributed by atoms with Crippen LogP contribution in [0.25, 0.3) is 22.6 Å². The molecule has 0 aliphatic heterocycles. The van der Waals surface area contributed by atoms with Crippen molar-refractivity contribution in [3.05, 3.63) is 45.9 Å². The normalized spacial score (nSPS) is 11.1. The number of aryl methyl sites for hydroxylation is 1. The average molecular weight is 293 g/mol. The zero-order valence-electron chi connectivity index (χ0n) is 10.1. The Kier molecular flexibility index (Phi) is 2.88. The Morgan fingerprint density at radius 3 is 2.68 bits per heavy atom. The fourth-order valence-corrected chi connectivity index (χ4v) is 2.42. The molecule has 0 aliphatic carbocycles. The van der Waals surface area contributed by atoms with Gasteiger partial charge in [-0.05, 0) is 42.8 Å². The van der Waals surface area contributed by atoms with E-state index in [1.54, 1.807) is 24.3 Å². The number of nitrogens with zero attached hydrogens (tertiary/aromatic N) is 1. The van der Waals surface area contributed by atoms with Gasteiger partial charge in [0.1, 0.15) is 5.52 Å². The van der Waals surface area contributed by atoms with E-state index < -0.39 is 0 Å². The molecule has 0 spiro atoms. The van der Waals surface area contributed by atoms with Crippen molar-refractivity contribution in [3.8, 4) is 11.5 Å². The SMILES string of the molecule is Cc1cc(Cl)cc2nc(-c3cc(Cl)ccc3N)oc12. The van der Waals surface area contributed by atoms with Crippen LogP contribution in [0.15, 0.2) is 34.7 Å². The molecule has 3 rings (SSSR count). The molecule has 0 bridgehead atoms. The van der Waals surface area contributed by atoms with Crippen molar-refractivity contribution in [2.24, 2.45) is 0 Å². The summed E-state index contributed by atoms with van der Waals surface area (Å²) in [4.78, 5) is 4.42. The van der Waals surface area contributed by atoms with Gasteiger partial charge in [-0.1, -0.05) is 23.2 Å². The van der Waals surface area contributed by atoms with Crippen LogP contribution in [-0.2, 0) is 0 Å². The number of hydrogen-bond donors (Lipinski definition) is 1. The van der Waals surface area contributed by atoms with Crippen LogP contribution >= 0.6 is 23.2 Å². The molecular weight excluding hydrogens is 283 g/mol. The van der Waals surface area contributed by atoms with Crippen LogP contribution in [0.1, 0.15) is 5.56 Å². The van der Waals surface area contributed by atoms with Crippen molar-refractivity contribution in [1.29, 1.82) is 0 Å². The molecule has 1 aromatic heterocycles. The lowest BCUT2D eigenvalue weighted by Crippen LogP contribution is -1.89. The van der Waals surface area contributed by atoms with Crippen molar-refractivity contribution >= 4 is 40.0 Å². The van der Waals surface area contributed by atoms with E-state index in [4.69, 9.17) is 33.4 Å². The standard InChI is InChI=1S/C14H10Cl2N2O/c1-7-4-9(16)6-12-13(7)19-14(18-12)10-5-8(15)2-3-11(10)17/h2-6H,17H2,1H3. The summed E-state index contributed by atoms with van der Waals surface area (Å²) in [7, 11) is 0. The monoisotopic (exact) mass is 292 g/mol. The third-order valence-electron chi connectivity index (χ3n) is 2.89. The second-order valence-electron chi connectivity index (χ2n) is 4.32. The number of benzene rings is 2. The highest BCUT2D eigenvalue weighted by molar-refractivity contribution is 6.31. The number of halogens is 2. The minimum Gasteiger partial charge on any atom is -0.436 e. The molecule has 0 saturated carbocycles. The molecule has 3 nitrogen and oxygen atoms in total. The number of fused-ring (bicyclic) bond motifs is 1. The molecule has 0 fully saturated rings. The zero-order valence-corrected chi connectivity index (χ0v) is 11.6. The summed E-state index contributed by atoms with van der Waals surface area (Å²) < 4.78 is 5.77. The Hall–Kier alpha value is -1.71. The number of rotatable bonds is 1. The smallest absolute Gasteiger partial charge is 0.229 e. The molecule has 5 heteroatoms. The van der Waals surface area contributed by atoms with E-state index in [2.05, 4.69) is 4.98 Å². The predicted octanol–water partition coefficient (Wildman–Crippen LogP) is 4.69. The van der Waals surface area contributed by atoms with Gasteiger partial charge < -0.3 is 10.2 Å². The van der Waals surface area contributed by atoms with Gasteiger partial charge >= 0.3 is 0 Å². The highest BCUT2D eigenvalue weighted by Gasteiger charge is 2.13. The first-order valence-corrected chi connectivity index (χ1v) is 6.42. The topological polar surface area (TPSA) is 52.0 Å². The molecule has 96 valence electrons. The fraction of sp³-hybridized carbons (Fsp3) is 0.0714. The first-order chi connectivity index (χ1) is 9.04. The Balaban J connectivity index is 2.26. The average Bonchev–Trinajstić information content (AvgIpc) is 2.76. The summed E-state index contributed by atoms with van der Waals surface area (Å²) in [5.41, 5.74) is 9.52. The van der Waals surface area contributed by atoms with Gasteiger partial charge in [-0.2, -0.15) is 0 Å². The molecule has 1 heterocycles. The van der Waals surface area contributed by atoms with Gasteiger partial charge in [0.15, 0.2) is 5.58 Å². The van der Waals surface area contributed by atoms with E-state index in [9.17, 15) is 0 Å². The van der Waals surface area contributed by atoms with Crippen LogP contribution in [-0.4, -0.2) is 4.98 Å². The third-order valence-corrected chi connectivity index (χ3v) is 3.34. The number of nitrogen functional groups attached to an aromatic ring is 1. The van der Waals surface area contributed by atoms with Crippen LogP contribution in [0.3, 0.4) is 0 Å². The van der Waals surface area contributed by atoms with Crippen LogP contribution in [0, 0.1) is 6.92 Å². The molecule has 0 unspecified atom stereocenters. The fourth-order valence-electron chi connectivity index (χ4n) is 1.99. The van der Waals surface area contributed by atoms with Crippen molar-refractivity contribution in [2.45, 2.75) is 6.92 Å². The van der Waals surface area contributed by atoms with Crippen LogP contribution < -0.4 is 5.73 Å². The van der Waals surface area contributed by atoms with E-state index in [-0.39, 0.29) is 0 Å². The molecule has 0 amide bonds. The Morgan fingerprint density at radius 1 is 1.11 bits per heavy atom. The number of nitrogens with two attached hydrogens (primary N) is 1. The minimum absolute atomic E-state index is 0.445. The van der Waals surface area contributed by atoms with Gasteiger partial charge in [0.05, 0.1) is 5.56 Å². The lowest BCUT2D eigenvalue weighted by atomic mass is 10.2. The first-order valence-electron chi connectivity index (χ1n) is 5.66. The molecular formula is C14H10Cl2N2O. The molecule has 0 radical (unpaired) electrons. The van der Waals surface area contributed by atoms with E-state index in [0.717, 1.165) is 5.56 Å². The van der Waals surface area contributed by atoms with Crippen LogP contribution in [0.2, 0.25) is 10.0 Å². The number of oxazole rings is 1. The van der Waals surface area contributed by atoms with Gasteiger partial charge in [0, 0.05) is 15.7 Å². The highest BCUT2D eigenvalue weighted by atomic mass is 35.5. The Bertz CT molecular complexity index is 780. The van der Waals surface area contributed by atoms with Crippen molar-refractivity contribution < 1.29 is 4.42 Å². The summed E-state index contributed by atoms with van der Waals surface area (Å²) in [5, 5.41) is 1.21. The largest absolute Gasteiger partial charge is 0.436 e. The predicted molar refractivity (Wildman–Crippen MR) is 78.6 cm³/mol. The number of aromatic nitrogens is 1. The van der Waals surface area contributed by atoms with E-state index >= 15 is 0 Å². The molecule has 2 N–H and O–H groups in total. The van der Waals surface area contributed by atoms with Gasteiger partial charge in [0.2, 0.25) is 5.89 Å². The lowest BCUT2D eigenvalue weighted by Gasteiger charge is -2.01. The molecule has 2 aromatic carbocycles. The molecule has 0 saturated heterocycles. The molecule has 0 atom stereocenters. The maximum absolute atomic E-state index is 6.01. The maximum Gasteiger partial charge on any atom is 0.229 e.